The van der Waals surface area contributed by atoms with Crippen LogP contribution in [0.4, 0.5) is 10.2 Å². The molecule has 9 heteroatoms. The number of anilines is 1. The van der Waals surface area contributed by atoms with Crippen LogP contribution in [0, 0.1) is 5.82 Å². The Morgan fingerprint density at radius 2 is 2.00 bits per heavy atom. The van der Waals surface area contributed by atoms with Gasteiger partial charge in [-0.2, -0.15) is 5.10 Å². The van der Waals surface area contributed by atoms with E-state index in [-0.39, 0.29) is 17.0 Å². The predicted octanol–water partition coefficient (Wildman–Crippen LogP) is 4.51. The molecule has 1 aliphatic rings. The van der Waals surface area contributed by atoms with Crippen LogP contribution in [0.5, 0.6) is 0 Å². The van der Waals surface area contributed by atoms with Crippen LogP contribution < -0.4 is 5.32 Å². The van der Waals surface area contributed by atoms with Gasteiger partial charge in [-0.15, -0.1) is 0 Å². The van der Waals surface area contributed by atoms with Crippen molar-refractivity contribution in [2.75, 3.05) is 5.32 Å². The van der Waals surface area contributed by atoms with Gasteiger partial charge in [-0.3, -0.25) is 9.48 Å². The summed E-state index contributed by atoms with van der Waals surface area (Å²) in [6.45, 7) is 0.534. The molecule has 0 saturated heterocycles. The summed E-state index contributed by atoms with van der Waals surface area (Å²) in [5.74, 6) is -0.556. The Bertz CT molecular complexity index is 1060. The average Bonchev–Trinajstić information content (AvgIpc) is 3.33. The monoisotopic (exact) mass is 432 g/mol. The molecule has 0 saturated carbocycles. The Morgan fingerprint density at radius 1 is 1.21 bits per heavy atom. The summed E-state index contributed by atoms with van der Waals surface area (Å²) < 4.78 is 15.7. The molecule has 0 fully saturated rings. The van der Waals surface area contributed by atoms with Gasteiger partial charge in [0.2, 0.25) is 6.10 Å². The van der Waals surface area contributed by atoms with E-state index >= 15 is 0 Å². The number of halogens is 3. The molecule has 3 aromatic rings. The molecule has 1 aliphatic heterocycles. The number of nitrogens with one attached hydrogen (secondary N) is 1. The fraction of sp³-hybridized carbons (Fsp3) is 0.150. The van der Waals surface area contributed by atoms with Crippen LogP contribution in [0.1, 0.15) is 17.5 Å². The summed E-state index contributed by atoms with van der Waals surface area (Å²) in [6, 6.07) is 13.4. The van der Waals surface area contributed by atoms with Gasteiger partial charge in [-0.05, 0) is 29.8 Å². The third-order valence-corrected chi connectivity index (χ3v) is 4.93. The number of rotatable bonds is 5. The van der Waals surface area contributed by atoms with E-state index in [4.69, 9.17) is 28.0 Å². The van der Waals surface area contributed by atoms with Crippen LogP contribution in [-0.2, 0) is 16.2 Å². The first kappa shape index (κ1) is 19.4. The number of aromatic nitrogens is 2. The van der Waals surface area contributed by atoms with E-state index in [1.807, 2.05) is 12.1 Å². The highest BCUT2D eigenvalue weighted by Gasteiger charge is 2.31. The Hall–Kier alpha value is -2.90. The number of nitrogens with zero attached hydrogens (tertiary/aromatic N) is 3. The lowest BCUT2D eigenvalue weighted by atomic mass is 10.0. The van der Waals surface area contributed by atoms with Crippen molar-refractivity contribution in [2.45, 2.75) is 19.1 Å². The zero-order chi connectivity index (χ0) is 20.4. The second-order valence-electron chi connectivity index (χ2n) is 6.45. The van der Waals surface area contributed by atoms with Crippen molar-refractivity contribution in [1.29, 1.82) is 0 Å². The van der Waals surface area contributed by atoms with Gasteiger partial charge >= 0.3 is 0 Å². The second kappa shape index (κ2) is 8.23. The van der Waals surface area contributed by atoms with Gasteiger partial charge < -0.3 is 10.2 Å². The SMILES string of the molecule is O=C(Nc1ccn(Cc2ccc(Cl)cc2)n1)[C@@H]1CC(c2c(F)cccc2Cl)=NO1. The zero-order valence-electron chi connectivity index (χ0n) is 15.0. The fourth-order valence-corrected chi connectivity index (χ4v) is 3.34. The molecule has 6 nitrogen and oxygen atoms in total. The van der Waals surface area contributed by atoms with Crippen molar-refractivity contribution >= 4 is 40.6 Å². The molecule has 148 valence electrons. The van der Waals surface area contributed by atoms with Crippen LogP contribution in [-0.4, -0.2) is 27.5 Å². The molecule has 0 bridgehead atoms. The van der Waals surface area contributed by atoms with Gasteiger partial charge in [-0.25, -0.2) is 4.39 Å². The number of carbonyl (C=O) groups excluding carboxylic acids is 1. The van der Waals surface area contributed by atoms with Gasteiger partial charge in [0.15, 0.2) is 5.82 Å². The fourth-order valence-electron chi connectivity index (χ4n) is 2.94. The largest absolute Gasteiger partial charge is 0.382 e. The molecular formula is C20H15Cl2FN4O2. The number of carbonyl (C=O) groups is 1. The van der Waals surface area contributed by atoms with Gasteiger partial charge in [0.05, 0.1) is 22.8 Å². The smallest absolute Gasteiger partial charge is 0.269 e. The van der Waals surface area contributed by atoms with Crippen molar-refractivity contribution < 1.29 is 14.0 Å². The van der Waals surface area contributed by atoms with Gasteiger partial charge in [-0.1, -0.05) is 46.6 Å². The maximum Gasteiger partial charge on any atom is 0.269 e. The lowest BCUT2D eigenvalue weighted by molar-refractivity contribution is -0.125. The summed E-state index contributed by atoms with van der Waals surface area (Å²) in [7, 11) is 0. The maximum absolute atomic E-state index is 14.0. The Kier molecular flexibility index (Phi) is 5.51. The minimum absolute atomic E-state index is 0.109. The predicted molar refractivity (Wildman–Crippen MR) is 109 cm³/mol. The highest BCUT2D eigenvalue weighted by Crippen LogP contribution is 2.26. The molecule has 0 spiro atoms. The number of hydrogen-bond donors (Lipinski definition) is 1. The number of benzene rings is 2. The summed E-state index contributed by atoms with van der Waals surface area (Å²) >= 11 is 11.9. The average molecular weight is 433 g/mol. The normalized spacial score (nSPS) is 15.7. The van der Waals surface area contributed by atoms with E-state index in [1.165, 1.54) is 12.1 Å². The van der Waals surface area contributed by atoms with E-state index in [0.717, 1.165) is 5.56 Å². The van der Waals surface area contributed by atoms with Crippen molar-refractivity contribution in [1.82, 2.24) is 9.78 Å². The number of hydrogen-bond acceptors (Lipinski definition) is 4. The number of oxime groups is 1. The van der Waals surface area contributed by atoms with E-state index in [2.05, 4.69) is 15.6 Å². The van der Waals surface area contributed by atoms with Crippen LogP contribution in [0.3, 0.4) is 0 Å². The van der Waals surface area contributed by atoms with Crippen LogP contribution in [0.15, 0.2) is 59.9 Å². The highest BCUT2D eigenvalue weighted by atomic mass is 35.5. The van der Waals surface area contributed by atoms with Crippen LogP contribution in [0.25, 0.3) is 0 Å². The molecule has 1 N–H and O–H groups in total. The van der Waals surface area contributed by atoms with E-state index in [1.54, 1.807) is 35.1 Å². The molecule has 1 atom stereocenters. The molecule has 29 heavy (non-hydrogen) atoms. The highest BCUT2D eigenvalue weighted by molar-refractivity contribution is 6.34. The lowest BCUT2D eigenvalue weighted by Gasteiger charge is -2.08. The minimum atomic E-state index is -0.887. The van der Waals surface area contributed by atoms with Crippen molar-refractivity contribution in [3.63, 3.8) is 0 Å². The minimum Gasteiger partial charge on any atom is -0.382 e. The van der Waals surface area contributed by atoms with E-state index < -0.39 is 17.8 Å². The summed E-state index contributed by atoms with van der Waals surface area (Å²) in [5.41, 5.74) is 1.47. The number of amides is 1. The van der Waals surface area contributed by atoms with Gasteiger partial charge in [0.25, 0.3) is 5.91 Å². The molecular weight excluding hydrogens is 418 g/mol. The Morgan fingerprint density at radius 3 is 2.76 bits per heavy atom. The zero-order valence-corrected chi connectivity index (χ0v) is 16.5. The Labute approximate surface area is 175 Å². The van der Waals surface area contributed by atoms with Crippen molar-refractivity contribution in [3.8, 4) is 0 Å². The van der Waals surface area contributed by atoms with Crippen LogP contribution >= 0.6 is 23.2 Å². The molecule has 0 unspecified atom stereocenters. The molecule has 2 heterocycles. The van der Waals surface area contributed by atoms with Crippen molar-refractivity contribution in [3.05, 3.63) is 81.7 Å². The first-order valence-corrected chi connectivity index (χ1v) is 9.51. The van der Waals surface area contributed by atoms with Gasteiger partial charge in [0, 0.05) is 23.7 Å². The molecule has 2 aromatic carbocycles. The third-order valence-electron chi connectivity index (χ3n) is 4.36. The Balaban J connectivity index is 1.37. The molecule has 0 radical (unpaired) electrons. The first-order valence-electron chi connectivity index (χ1n) is 8.75. The first-order chi connectivity index (χ1) is 14.0. The van der Waals surface area contributed by atoms with E-state index in [9.17, 15) is 9.18 Å². The lowest BCUT2D eigenvalue weighted by Crippen LogP contribution is -2.28. The third kappa shape index (κ3) is 4.41. The molecule has 1 amide bonds. The molecule has 1 aromatic heterocycles. The molecule has 4 rings (SSSR count). The van der Waals surface area contributed by atoms with Crippen molar-refractivity contribution in [2.24, 2.45) is 5.16 Å². The summed E-state index contributed by atoms with van der Waals surface area (Å²) in [6.07, 6.45) is 0.973. The van der Waals surface area contributed by atoms with Crippen LogP contribution in [0.2, 0.25) is 10.0 Å². The summed E-state index contributed by atoms with van der Waals surface area (Å²) in [4.78, 5) is 17.6. The topological polar surface area (TPSA) is 68.5 Å². The quantitative estimate of drug-likeness (QED) is 0.644. The molecule has 0 aliphatic carbocycles. The second-order valence-corrected chi connectivity index (χ2v) is 7.29. The maximum atomic E-state index is 14.0. The van der Waals surface area contributed by atoms with E-state index in [0.29, 0.717) is 23.1 Å². The summed E-state index contributed by atoms with van der Waals surface area (Å²) in [5, 5.41) is 11.7. The standard InChI is InChI=1S/C20H15Cl2FN4O2/c21-13-6-4-12(5-7-13)11-27-9-8-18(25-27)24-20(28)17-10-16(26-29-17)19-14(22)2-1-3-15(19)23/h1-9,17H,10-11H2,(H,24,25,28)/t17-/m0/s1. The van der Waals surface area contributed by atoms with Gasteiger partial charge in [0.1, 0.15) is 5.82 Å².